The number of epoxide rings is 1. The van der Waals surface area contributed by atoms with E-state index in [1.54, 1.807) is 139 Å². The summed E-state index contributed by atoms with van der Waals surface area (Å²) in [5, 5.41) is 49.1. The van der Waals surface area contributed by atoms with Gasteiger partial charge in [0.05, 0.1) is 105 Å². The molecule has 4 atom stereocenters. The van der Waals surface area contributed by atoms with Crippen LogP contribution in [0.2, 0.25) is 0 Å². The molecule has 34 heteroatoms. The van der Waals surface area contributed by atoms with E-state index in [1.165, 1.54) is 55.1 Å². The van der Waals surface area contributed by atoms with Gasteiger partial charge in [0.25, 0.3) is 31.6 Å². The Morgan fingerprint density at radius 3 is 1.53 bits per heavy atom. The van der Waals surface area contributed by atoms with E-state index in [1.807, 2.05) is 29.0 Å². The molecule has 92 heavy (non-hydrogen) atoms. The van der Waals surface area contributed by atoms with Gasteiger partial charge in [0.15, 0.2) is 6.10 Å². The Bertz CT molecular complexity index is 3910. The second-order valence-corrected chi connectivity index (χ2v) is 23.0. The highest BCUT2D eigenvalue weighted by Gasteiger charge is 2.28. The maximum atomic E-state index is 12.4. The predicted molar refractivity (Wildman–Crippen MR) is 333 cm³/mol. The number of non-ortho nitro benzene ring substituents is 2. The number of pyridine rings is 3. The van der Waals surface area contributed by atoms with Crippen molar-refractivity contribution < 1.29 is 74.1 Å². The number of aromatic hydroxyl groups is 1. The number of rotatable bonds is 24. The Morgan fingerprint density at radius 2 is 1.12 bits per heavy atom. The van der Waals surface area contributed by atoms with Crippen LogP contribution < -0.4 is 9.47 Å². The summed E-state index contributed by atoms with van der Waals surface area (Å²) in [5.74, 6) is 1.12. The third-order valence-electron chi connectivity index (χ3n) is 11.3. The number of hydrogen-bond acceptors (Lipinski definition) is 25. The van der Waals surface area contributed by atoms with E-state index in [2.05, 4.69) is 62.5 Å². The summed E-state index contributed by atoms with van der Waals surface area (Å²) in [7, 11) is -8.14. The fourth-order valence-electron chi connectivity index (χ4n) is 6.90. The number of H-pyrrole nitrogens is 1. The first-order chi connectivity index (χ1) is 44.3. The number of aliphatic hydroxyl groups is 2. The number of hydrogen-bond donors (Lipinski definition) is 4. The van der Waals surface area contributed by atoms with Crippen LogP contribution in [-0.2, 0) is 57.7 Å². The van der Waals surface area contributed by atoms with Gasteiger partial charge in [-0.2, -0.15) is 16.8 Å². The van der Waals surface area contributed by atoms with Crippen LogP contribution in [0.4, 0.5) is 11.4 Å². The van der Waals surface area contributed by atoms with Crippen LogP contribution in [0.1, 0.15) is 10.4 Å². The first-order valence-corrected chi connectivity index (χ1v) is 30.9. The molecule has 31 nitrogen and oxygen atoms in total. The SMILES string of the molecule is O=C(O[C@@H](COc1cccnc1)Cn1ccnc1)c1ccc(I)cc1.O=[N+]([O-])c1cccc(S(=O)(=O)OC[C@@H]2CO2)c1.O=[N+]([O-])c1cccc(S(=O)(=O)OC[C@H](O)Cn2ccnc2)c1.O[C@@H](COc1cccnc1)Cn1ccnc1.Oc1cccnc1.c1c[nH]cn1. The minimum atomic E-state index is -4.18. The van der Waals surface area contributed by atoms with Crippen LogP contribution in [0.15, 0.2) is 231 Å². The molecule has 0 radical (unpaired) electrons. The highest BCUT2D eigenvalue weighted by atomic mass is 127. The Morgan fingerprint density at radius 1 is 0.620 bits per heavy atom. The fraction of sp³-hybridized carbons (Fsp3) is 0.207. The molecule has 1 aliphatic rings. The minimum Gasteiger partial charge on any atom is -0.506 e. The number of nitrogens with one attached hydrogen (secondary N) is 1. The molecule has 1 saturated heterocycles. The smallest absolute Gasteiger partial charge is 0.338 e. The van der Waals surface area contributed by atoms with Crippen LogP contribution in [0.5, 0.6) is 17.2 Å². The molecule has 1 aliphatic heterocycles. The van der Waals surface area contributed by atoms with Crippen molar-refractivity contribution in [1.82, 2.24) is 53.6 Å². The number of aromatic amines is 1. The molecule has 0 spiro atoms. The largest absolute Gasteiger partial charge is 0.506 e. The molecule has 484 valence electrons. The first-order valence-electron chi connectivity index (χ1n) is 27.0. The Balaban J connectivity index is 0.000000185. The monoisotopic (exact) mass is 1420 g/mol. The number of carbonyl (C=O) groups is 1. The van der Waals surface area contributed by atoms with Gasteiger partial charge in [0, 0.05) is 96.0 Å². The number of benzene rings is 3. The topological polar surface area (TPSA) is 412 Å². The number of aromatic nitrogens is 11. The number of ether oxygens (including phenoxy) is 4. The van der Waals surface area contributed by atoms with Gasteiger partial charge in [-0.05, 0) is 95.4 Å². The van der Waals surface area contributed by atoms with E-state index in [0.717, 1.165) is 15.7 Å². The standard InChI is InChI=1S/C18H16IN3O3.C12H13N3O6S.C11H13N3O2.C9H9NO6S.C5H5NO.C3H4N2/c19-15-5-3-14(4-6-15)18(23)25-17(11-22-9-8-21-13-22)12-24-16-2-1-7-20-10-16;16-11(7-14-5-4-13-9-14)8-21-22(19,20)12-3-1-2-10(6-12)15(17)18;15-10(7-14-5-4-13-9-14)8-16-11-2-1-3-12-6-11;11-10(12)7-2-1-3-9(4-7)17(13,14)16-6-8-5-15-8;7-5-2-1-3-6-4-5;1-2-5-3-4-1/h1-10,13,17H,11-12H2;1-6,9,11,16H,7-8H2;1-6,9-10,15H,7-8H2;1-4,8H,5-6H2;1-4,7H;1-3H,(H,4,5)/t17-;11-;10-;8-;;/m1110../s1. The van der Waals surface area contributed by atoms with Gasteiger partial charge in [0.1, 0.15) is 52.5 Å². The summed E-state index contributed by atoms with van der Waals surface area (Å²) in [6.45, 7) is 1.45. The van der Waals surface area contributed by atoms with E-state index < -0.39 is 55.0 Å². The summed E-state index contributed by atoms with van der Waals surface area (Å²) in [6.07, 6.45) is 27.3. The van der Waals surface area contributed by atoms with Gasteiger partial charge in [-0.15, -0.1) is 0 Å². The molecule has 0 aliphatic carbocycles. The molecular weight excluding hydrogens is 1360 g/mol. The number of nitro benzene ring substituents is 2. The predicted octanol–water partition coefficient (Wildman–Crippen LogP) is 6.36. The van der Waals surface area contributed by atoms with Gasteiger partial charge in [-0.25, -0.2) is 24.7 Å². The van der Waals surface area contributed by atoms with Gasteiger partial charge < -0.3 is 53.0 Å². The third kappa shape index (κ3) is 27.4. The van der Waals surface area contributed by atoms with Crippen molar-refractivity contribution in [2.75, 3.05) is 33.0 Å². The van der Waals surface area contributed by atoms with E-state index >= 15 is 0 Å². The van der Waals surface area contributed by atoms with Crippen molar-refractivity contribution in [3.05, 3.63) is 251 Å². The highest BCUT2D eigenvalue weighted by molar-refractivity contribution is 14.1. The molecule has 4 N–H and O–H groups in total. The van der Waals surface area contributed by atoms with Crippen molar-refractivity contribution in [2.45, 2.75) is 53.8 Å². The fourth-order valence-corrected chi connectivity index (χ4v) is 9.21. The van der Waals surface area contributed by atoms with Crippen molar-refractivity contribution >= 4 is 60.2 Å². The average molecular weight is 1420 g/mol. The molecule has 7 aromatic heterocycles. The highest BCUT2D eigenvalue weighted by Crippen LogP contribution is 2.22. The van der Waals surface area contributed by atoms with Crippen LogP contribution in [0, 0.1) is 23.8 Å². The lowest BCUT2D eigenvalue weighted by Gasteiger charge is -2.19. The maximum Gasteiger partial charge on any atom is 0.338 e. The number of nitro groups is 2. The van der Waals surface area contributed by atoms with Crippen LogP contribution >= 0.6 is 22.6 Å². The third-order valence-corrected chi connectivity index (χ3v) is 14.6. The number of carbonyl (C=O) groups excluding carboxylic acids is 1. The Labute approximate surface area is 539 Å². The lowest BCUT2D eigenvalue weighted by molar-refractivity contribution is -0.385. The van der Waals surface area contributed by atoms with E-state index in [9.17, 15) is 52.1 Å². The van der Waals surface area contributed by atoms with E-state index in [-0.39, 0.29) is 65.4 Å². The van der Waals surface area contributed by atoms with Gasteiger partial charge >= 0.3 is 5.97 Å². The van der Waals surface area contributed by atoms with Gasteiger partial charge in [-0.1, -0.05) is 12.1 Å². The van der Waals surface area contributed by atoms with Crippen LogP contribution in [0.25, 0.3) is 0 Å². The molecule has 3 aromatic carbocycles. The molecular formula is C58H60IN13O18S2. The number of aliphatic hydroxyl groups excluding tert-OH is 2. The first kappa shape index (κ1) is 71.1. The van der Waals surface area contributed by atoms with E-state index in [4.69, 9.17) is 32.4 Å². The van der Waals surface area contributed by atoms with E-state index in [0.29, 0.717) is 36.8 Å². The minimum absolute atomic E-state index is 0.0645. The number of halogens is 1. The summed E-state index contributed by atoms with van der Waals surface area (Å²) in [5.41, 5.74) is -0.140. The lowest BCUT2D eigenvalue weighted by atomic mass is 10.2. The van der Waals surface area contributed by atoms with Crippen molar-refractivity contribution in [1.29, 1.82) is 0 Å². The zero-order valence-electron chi connectivity index (χ0n) is 48.3. The molecule has 0 bridgehead atoms. The van der Waals surface area contributed by atoms with Crippen molar-refractivity contribution in [3.63, 3.8) is 0 Å². The average Bonchev–Trinajstić information content (AvgIpc) is 1.32. The van der Waals surface area contributed by atoms with Gasteiger partial charge in [0.2, 0.25) is 0 Å². The van der Waals surface area contributed by atoms with Crippen LogP contribution in [-0.4, -0.2) is 159 Å². The summed E-state index contributed by atoms with van der Waals surface area (Å²) in [6, 6.07) is 26.9. The van der Waals surface area contributed by atoms with Gasteiger partial charge in [-0.3, -0.25) is 43.5 Å². The zero-order valence-corrected chi connectivity index (χ0v) is 52.1. The van der Waals surface area contributed by atoms with Crippen molar-refractivity contribution in [3.8, 4) is 17.2 Å². The van der Waals surface area contributed by atoms with Crippen molar-refractivity contribution in [2.24, 2.45) is 0 Å². The normalized spacial score (nSPS) is 13.0. The molecule has 11 rings (SSSR count). The molecule has 0 saturated carbocycles. The number of imidazole rings is 4. The quantitative estimate of drug-likeness (QED) is 0.0128. The molecule has 10 aromatic rings. The summed E-state index contributed by atoms with van der Waals surface area (Å²) < 4.78 is 84.4. The molecule has 8 heterocycles. The second-order valence-electron chi connectivity index (χ2n) is 18.5. The lowest BCUT2D eigenvalue weighted by Crippen LogP contribution is -2.29. The Hall–Kier alpha value is -9.95. The zero-order chi connectivity index (χ0) is 66.0. The van der Waals surface area contributed by atoms with Crippen LogP contribution in [0.3, 0.4) is 0 Å². The number of esters is 1. The maximum absolute atomic E-state index is 12.4. The molecule has 0 amide bonds. The summed E-state index contributed by atoms with van der Waals surface area (Å²) >= 11 is 2.19. The summed E-state index contributed by atoms with van der Waals surface area (Å²) in [4.78, 5) is 61.3. The second kappa shape index (κ2) is 37.9. The Kier molecular flexibility index (Phi) is 29.3. The molecule has 1 fully saturated rings. The molecule has 0 unspecified atom stereocenters. The number of nitrogens with zero attached hydrogens (tertiary/aromatic N) is 12.